The van der Waals surface area contributed by atoms with Gasteiger partial charge in [-0.05, 0) is 30.2 Å². The van der Waals surface area contributed by atoms with Crippen molar-refractivity contribution in [1.82, 2.24) is 5.32 Å². The maximum atomic E-state index is 11.8. The lowest BCUT2D eigenvalue weighted by atomic mass is 10.0. The van der Waals surface area contributed by atoms with Crippen molar-refractivity contribution >= 4 is 17.3 Å². The van der Waals surface area contributed by atoms with Gasteiger partial charge in [-0.3, -0.25) is 0 Å². The van der Waals surface area contributed by atoms with Gasteiger partial charge in [0.2, 0.25) is 0 Å². The molecule has 0 unspecified atom stereocenters. The summed E-state index contributed by atoms with van der Waals surface area (Å²) in [5.41, 5.74) is 11.1. The number of azide groups is 1. The molecule has 1 aliphatic rings. The van der Waals surface area contributed by atoms with Crippen molar-refractivity contribution in [3.8, 4) is 0 Å². The smallest absolute Gasteiger partial charge is 0.338 e. The lowest BCUT2D eigenvalue weighted by Crippen LogP contribution is -2.43. The second-order valence-electron chi connectivity index (χ2n) is 4.56. The SMILES string of the molecule is COC(=O)c1cc(N2CCNCC2)cc(N=[N+]=[N-])c1C. The first-order valence-corrected chi connectivity index (χ1v) is 6.41. The summed E-state index contributed by atoms with van der Waals surface area (Å²) in [5.74, 6) is -0.422. The van der Waals surface area contributed by atoms with Crippen LogP contribution in [0.1, 0.15) is 15.9 Å². The summed E-state index contributed by atoms with van der Waals surface area (Å²) in [6.45, 7) is 5.22. The third kappa shape index (κ3) is 2.84. The maximum absolute atomic E-state index is 11.8. The predicted octanol–water partition coefficient (Wildman–Crippen LogP) is 2.13. The van der Waals surface area contributed by atoms with Crippen molar-refractivity contribution in [2.24, 2.45) is 5.11 Å². The van der Waals surface area contributed by atoms with Crippen molar-refractivity contribution < 1.29 is 9.53 Å². The number of carbonyl (C=O) groups excluding carboxylic acids is 1. The molecule has 0 atom stereocenters. The number of hydrogen-bond donors (Lipinski definition) is 1. The van der Waals surface area contributed by atoms with E-state index in [1.54, 1.807) is 13.0 Å². The molecular weight excluding hydrogens is 258 g/mol. The van der Waals surface area contributed by atoms with Crippen LogP contribution in [0.25, 0.3) is 10.4 Å². The van der Waals surface area contributed by atoms with Gasteiger partial charge in [-0.15, -0.1) is 0 Å². The van der Waals surface area contributed by atoms with Gasteiger partial charge in [-0.1, -0.05) is 5.11 Å². The molecule has 1 N–H and O–H groups in total. The number of hydrogen-bond acceptors (Lipinski definition) is 5. The number of piperazine rings is 1. The van der Waals surface area contributed by atoms with Gasteiger partial charge in [-0.2, -0.15) is 0 Å². The first-order chi connectivity index (χ1) is 9.67. The molecule has 0 aliphatic carbocycles. The largest absolute Gasteiger partial charge is 0.465 e. The monoisotopic (exact) mass is 275 g/mol. The van der Waals surface area contributed by atoms with E-state index in [1.807, 2.05) is 6.07 Å². The van der Waals surface area contributed by atoms with E-state index in [1.165, 1.54) is 7.11 Å². The van der Waals surface area contributed by atoms with Crippen molar-refractivity contribution in [3.63, 3.8) is 0 Å². The normalized spacial score (nSPS) is 14.6. The average Bonchev–Trinajstić information content (AvgIpc) is 2.49. The van der Waals surface area contributed by atoms with E-state index in [0.717, 1.165) is 31.9 Å². The fraction of sp³-hybridized carbons (Fsp3) is 0.462. The molecule has 7 heteroatoms. The molecule has 1 heterocycles. The number of carbonyl (C=O) groups is 1. The van der Waals surface area contributed by atoms with Crippen molar-refractivity contribution in [2.45, 2.75) is 6.92 Å². The summed E-state index contributed by atoms with van der Waals surface area (Å²) in [7, 11) is 1.34. The van der Waals surface area contributed by atoms with Crippen molar-refractivity contribution in [2.75, 3.05) is 38.2 Å². The van der Waals surface area contributed by atoms with Gasteiger partial charge < -0.3 is 15.0 Å². The number of anilines is 1. The molecule has 1 aliphatic heterocycles. The average molecular weight is 275 g/mol. The topological polar surface area (TPSA) is 90.3 Å². The quantitative estimate of drug-likeness (QED) is 0.396. The lowest BCUT2D eigenvalue weighted by Gasteiger charge is -2.30. The Hall–Kier alpha value is -2.24. The minimum Gasteiger partial charge on any atom is -0.465 e. The molecule has 106 valence electrons. The number of methoxy groups -OCH3 is 1. The Morgan fingerprint density at radius 2 is 2.15 bits per heavy atom. The first-order valence-electron chi connectivity index (χ1n) is 6.41. The molecule has 7 nitrogen and oxygen atoms in total. The van der Waals surface area contributed by atoms with E-state index in [0.29, 0.717) is 16.8 Å². The van der Waals surface area contributed by atoms with E-state index < -0.39 is 5.97 Å². The minimum atomic E-state index is -0.422. The zero-order valence-corrected chi connectivity index (χ0v) is 11.6. The molecule has 20 heavy (non-hydrogen) atoms. The van der Waals surface area contributed by atoms with Crippen LogP contribution in [-0.2, 0) is 4.74 Å². The Morgan fingerprint density at radius 1 is 1.45 bits per heavy atom. The van der Waals surface area contributed by atoms with Gasteiger partial charge in [0.1, 0.15) is 0 Å². The highest BCUT2D eigenvalue weighted by Gasteiger charge is 2.17. The number of nitrogens with zero attached hydrogens (tertiary/aromatic N) is 4. The van der Waals surface area contributed by atoms with Gasteiger partial charge in [0.25, 0.3) is 0 Å². The summed E-state index contributed by atoms with van der Waals surface area (Å²) in [4.78, 5) is 16.8. The van der Waals surface area contributed by atoms with Gasteiger partial charge >= 0.3 is 5.97 Å². The molecule has 1 aromatic rings. The molecule has 1 aromatic carbocycles. The molecule has 1 fully saturated rings. The first kappa shape index (κ1) is 14.2. The van der Waals surface area contributed by atoms with Crippen LogP contribution in [0.4, 0.5) is 11.4 Å². The number of ether oxygens (including phenoxy) is 1. The van der Waals surface area contributed by atoms with E-state index in [9.17, 15) is 4.79 Å². The van der Waals surface area contributed by atoms with E-state index in [2.05, 4.69) is 20.2 Å². The van der Waals surface area contributed by atoms with Gasteiger partial charge in [-0.25, -0.2) is 4.79 Å². The number of nitrogens with one attached hydrogen (secondary N) is 1. The molecule has 2 rings (SSSR count). The Labute approximate surface area is 117 Å². The van der Waals surface area contributed by atoms with Crippen LogP contribution < -0.4 is 10.2 Å². The van der Waals surface area contributed by atoms with Gasteiger partial charge in [0.15, 0.2) is 0 Å². The summed E-state index contributed by atoms with van der Waals surface area (Å²) in [5, 5.41) is 6.94. The molecule has 0 radical (unpaired) electrons. The predicted molar refractivity (Wildman–Crippen MR) is 76.4 cm³/mol. The summed E-state index contributed by atoms with van der Waals surface area (Å²) in [6, 6.07) is 3.61. The molecule has 0 saturated carbocycles. The lowest BCUT2D eigenvalue weighted by molar-refractivity contribution is 0.0600. The molecule has 0 aromatic heterocycles. The molecule has 0 spiro atoms. The zero-order valence-electron chi connectivity index (χ0n) is 11.6. The molecule has 0 bridgehead atoms. The highest BCUT2D eigenvalue weighted by atomic mass is 16.5. The van der Waals surface area contributed by atoms with Gasteiger partial charge in [0.05, 0.1) is 12.7 Å². The van der Waals surface area contributed by atoms with Gasteiger partial charge in [0, 0.05) is 42.5 Å². The van der Waals surface area contributed by atoms with Crippen molar-refractivity contribution in [3.05, 3.63) is 33.7 Å². The molecular formula is C13H17N5O2. The van der Waals surface area contributed by atoms with Crippen LogP contribution in [0.15, 0.2) is 17.2 Å². The Balaban J connectivity index is 2.48. The highest BCUT2D eigenvalue weighted by molar-refractivity contribution is 5.94. The Bertz CT molecular complexity index is 560. The van der Waals surface area contributed by atoms with Crippen LogP contribution in [-0.4, -0.2) is 39.3 Å². The fourth-order valence-electron chi connectivity index (χ4n) is 2.26. The second kappa shape index (κ2) is 6.27. The molecule has 1 saturated heterocycles. The third-order valence-corrected chi connectivity index (χ3v) is 3.40. The Morgan fingerprint density at radius 3 is 2.75 bits per heavy atom. The van der Waals surface area contributed by atoms with Crippen LogP contribution >= 0.6 is 0 Å². The Kier molecular flexibility index (Phi) is 4.45. The molecule has 0 amide bonds. The number of esters is 1. The summed E-state index contributed by atoms with van der Waals surface area (Å²) in [6.07, 6.45) is 0. The van der Waals surface area contributed by atoms with E-state index in [4.69, 9.17) is 10.3 Å². The van der Waals surface area contributed by atoms with E-state index in [-0.39, 0.29) is 0 Å². The van der Waals surface area contributed by atoms with Crippen molar-refractivity contribution in [1.29, 1.82) is 0 Å². The zero-order chi connectivity index (χ0) is 14.5. The van der Waals surface area contributed by atoms with Crippen LogP contribution in [0.3, 0.4) is 0 Å². The van der Waals surface area contributed by atoms with E-state index >= 15 is 0 Å². The number of rotatable bonds is 3. The van der Waals surface area contributed by atoms with Crippen LogP contribution in [0.5, 0.6) is 0 Å². The number of benzene rings is 1. The third-order valence-electron chi connectivity index (χ3n) is 3.40. The summed E-state index contributed by atoms with van der Waals surface area (Å²) < 4.78 is 4.79. The second-order valence-corrected chi connectivity index (χ2v) is 4.56. The minimum absolute atomic E-state index is 0.422. The maximum Gasteiger partial charge on any atom is 0.338 e. The standard InChI is InChI=1S/C13H17N5O2/c1-9-11(13(19)20-2)7-10(8-12(9)16-17-14)18-5-3-15-4-6-18/h7-8,15H,3-6H2,1-2H3. The van der Waals surface area contributed by atoms with Crippen LogP contribution in [0.2, 0.25) is 0 Å². The highest BCUT2D eigenvalue weighted by Crippen LogP contribution is 2.30. The summed E-state index contributed by atoms with van der Waals surface area (Å²) >= 11 is 0. The van der Waals surface area contributed by atoms with Crippen LogP contribution in [0, 0.1) is 6.92 Å². The fourth-order valence-corrected chi connectivity index (χ4v) is 2.26.